The Kier molecular flexibility index (Phi) is 8.70. The molecule has 0 saturated carbocycles. The van der Waals surface area contributed by atoms with E-state index in [1.165, 1.54) is 11.1 Å². The van der Waals surface area contributed by atoms with Crippen molar-refractivity contribution in [1.29, 1.82) is 0 Å². The summed E-state index contributed by atoms with van der Waals surface area (Å²) in [6.07, 6.45) is 0. The first kappa shape index (κ1) is 23.1. The number of hydrogen-bond donors (Lipinski definition) is 1. The maximum Gasteiger partial charge on any atom is 0.186 e. The SMILES string of the molecule is COc1cccc(CN(Cc2cccc(OC)c2)c2nc(CNCCN(C)C)cs2)c1. The van der Waals surface area contributed by atoms with Gasteiger partial charge < -0.3 is 24.6 Å². The minimum atomic E-state index is 0.745. The minimum absolute atomic E-state index is 0.745. The van der Waals surface area contributed by atoms with Crippen LogP contribution in [0.4, 0.5) is 5.13 Å². The molecule has 0 fully saturated rings. The van der Waals surface area contributed by atoms with Crippen molar-refractivity contribution in [2.45, 2.75) is 19.6 Å². The molecule has 6 nitrogen and oxygen atoms in total. The number of nitrogens with one attached hydrogen (secondary N) is 1. The van der Waals surface area contributed by atoms with E-state index in [-0.39, 0.29) is 0 Å². The Balaban J connectivity index is 1.76. The lowest BCUT2D eigenvalue weighted by Crippen LogP contribution is -2.26. The molecule has 1 N–H and O–H groups in total. The van der Waals surface area contributed by atoms with Gasteiger partial charge in [-0.15, -0.1) is 11.3 Å². The van der Waals surface area contributed by atoms with Crippen LogP contribution in [-0.4, -0.2) is 51.3 Å². The fourth-order valence-electron chi connectivity index (χ4n) is 3.22. The normalized spacial score (nSPS) is 11.0. The summed E-state index contributed by atoms with van der Waals surface area (Å²) in [6.45, 7) is 4.22. The molecule has 31 heavy (non-hydrogen) atoms. The van der Waals surface area contributed by atoms with E-state index in [9.17, 15) is 0 Å². The standard InChI is InChI=1S/C24H32N4O2S/c1-27(2)12-11-25-15-21-18-31-24(26-21)28(16-19-7-5-9-22(13-19)29-3)17-20-8-6-10-23(14-20)30-4/h5-10,13-14,18,25H,11-12,15-17H2,1-4H3. The van der Waals surface area contributed by atoms with Crippen LogP contribution in [0.2, 0.25) is 0 Å². The third-order valence-corrected chi connectivity index (χ3v) is 5.82. The lowest BCUT2D eigenvalue weighted by molar-refractivity contribution is 0.399. The van der Waals surface area contributed by atoms with Crippen molar-refractivity contribution < 1.29 is 9.47 Å². The van der Waals surface area contributed by atoms with E-state index in [0.29, 0.717) is 0 Å². The second-order valence-corrected chi connectivity index (χ2v) is 8.50. The Labute approximate surface area is 189 Å². The Morgan fingerprint density at radius 2 is 1.55 bits per heavy atom. The van der Waals surface area contributed by atoms with Gasteiger partial charge in [-0.3, -0.25) is 0 Å². The Morgan fingerprint density at radius 1 is 0.935 bits per heavy atom. The van der Waals surface area contributed by atoms with Gasteiger partial charge in [0.2, 0.25) is 0 Å². The molecule has 0 aliphatic carbocycles. The molecule has 0 atom stereocenters. The van der Waals surface area contributed by atoms with Crippen LogP contribution in [0.3, 0.4) is 0 Å². The molecule has 0 unspecified atom stereocenters. The predicted octanol–water partition coefficient (Wildman–Crippen LogP) is 4.02. The van der Waals surface area contributed by atoms with E-state index in [2.05, 4.69) is 58.9 Å². The molecule has 0 aliphatic rings. The van der Waals surface area contributed by atoms with Gasteiger partial charge in [0.15, 0.2) is 5.13 Å². The van der Waals surface area contributed by atoms with Gasteiger partial charge in [-0.2, -0.15) is 0 Å². The molecule has 0 saturated heterocycles. The lowest BCUT2D eigenvalue weighted by atomic mass is 10.1. The van der Waals surface area contributed by atoms with Gasteiger partial charge >= 0.3 is 0 Å². The van der Waals surface area contributed by atoms with E-state index in [0.717, 1.165) is 55.0 Å². The highest BCUT2D eigenvalue weighted by atomic mass is 32.1. The molecule has 7 heteroatoms. The number of anilines is 1. The van der Waals surface area contributed by atoms with Crippen LogP contribution < -0.4 is 19.7 Å². The van der Waals surface area contributed by atoms with Crippen LogP contribution in [0.5, 0.6) is 11.5 Å². The van der Waals surface area contributed by atoms with E-state index in [1.807, 2.05) is 24.3 Å². The van der Waals surface area contributed by atoms with Crippen LogP contribution in [0.15, 0.2) is 53.9 Å². The van der Waals surface area contributed by atoms with Crippen molar-refractivity contribution in [2.24, 2.45) is 0 Å². The first-order chi connectivity index (χ1) is 15.1. The van der Waals surface area contributed by atoms with Crippen molar-refractivity contribution in [3.05, 3.63) is 70.7 Å². The first-order valence-corrected chi connectivity index (χ1v) is 11.3. The number of rotatable bonds is 12. The number of likely N-dealkylation sites (N-methyl/N-ethyl adjacent to an activating group) is 1. The van der Waals surface area contributed by atoms with E-state index in [4.69, 9.17) is 14.5 Å². The summed E-state index contributed by atoms with van der Waals surface area (Å²) in [4.78, 5) is 9.38. The van der Waals surface area contributed by atoms with Gasteiger partial charge in [-0.1, -0.05) is 24.3 Å². The van der Waals surface area contributed by atoms with Crippen LogP contribution in [0.25, 0.3) is 0 Å². The highest BCUT2D eigenvalue weighted by Crippen LogP contribution is 2.26. The molecule has 0 radical (unpaired) electrons. The van der Waals surface area contributed by atoms with Crippen LogP contribution in [-0.2, 0) is 19.6 Å². The van der Waals surface area contributed by atoms with E-state index < -0.39 is 0 Å². The number of thiazole rings is 1. The molecular weight excluding hydrogens is 408 g/mol. The highest BCUT2D eigenvalue weighted by molar-refractivity contribution is 7.13. The summed E-state index contributed by atoms with van der Waals surface area (Å²) in [5, 5.41) is 6.62. The smallest absolute Gasteiger partial charge is 0.186 e. The second-order valence-electron chi connectivity index (χ2n) is 7.66. The molecule has 0 spiro atoms. The van der Waals surface area contributed by atoms with Crippen LogP contribution >= 0.6 is 11.3 Å². The molecule has 3 rings (SSSR count). The third-order valence-electron chi connectivity index (χ3n) is 4.87. The molecule has 166 valence electrons. The summed E-state index contributed by atoms with van der Waals surface area (Å²) in [5.74, 6) is 1.73. The van der Waals surface area contributed by atoms with Crippen LogP contribution in [0, 0.1) is 0 Å². The number of hydrogen-bond acceptors (Lipinski definition) is 7. The Morgan fingerprint density at radius 3 is 2.10 bits per heavy atom. The fourth-order valence-corrected chi connectivity index (χ4v) is 4.04. The molecule has 1 aromatic heterocycles. The molecule has 3 aromatic rings. The highest BCUT2D eigenvalue weighted by Gasteiger charge is 2.14. The van der Waals surface area contributed by atoms with Crippen molar-refractivity contribution in [1.82, 2.24) is 15.2 Å². The summed E-state index contributed by atoms with van der Waals surface area (Å²) in [5.41, 5.74) is 3.44. The fraction of sp³-hybridized carbons (Fsp3) is 0.375. The zero-order chi connectivity index (χ0) is 22.1. The third kappa shape index (κ3) is 7.24. The quantitative estimate of drug-likeness (QED) is 0.429. The monoisotopic (exact) mass is 440 g/mol. The summed E-state index contributed by atoms with van der Waals surface area (Å²) < 4.78 is 10.8. The Hall–Kier alpha value is -2.61. The number of nitrogens with zero attached hydrogens (tertiary/aromatic N) is 3. The number of aromatic nitrogens is 1. The van der Waals surface area contributed by atoms with Crippen molar-refractivity contribution >= 4 is 16.5 Å². The second kappa shape index (κ2) is 11.7. The van der Waals surface area contributed by atoms with Gasteiger partial charge in [0.05, 0.1) is 19.9 Å². The van der Waals surface area contributed by atoms with Crippen molar-refractivity contribution in [3.63, 3.8) is 0 Å². The zero-order valence-corrected chi connectivity index (χ0v) is 19.6. The van der Waals surface area contributed by atoms with Gasteiger partial charge in [0.25, 0.3) is 0 Å². The average molecular weight is 441 g/mol. The predicted molar refractivity (Wildman–Crippen MR) is 128 cm³/mol. The maximum absolute atomic E-state index is 5.41. The molecule has 0 amide bonds. The zero-order valence-electron chi connectivity index (χ0n) is 18.8. The average Bonchev–Trinajstić information content (AvgIpc) is 3.25. The first-order valence-electron chi connectivity index (χ1n) is 10.4. The van der Waals surface area contributed by atoms with Crippen molar-refractivity contribution in [2.75, 3.05) is 46.3 Å². The van der Waals surface area contributed by atoms with Crippen LogP contribution in [0.1, 0.15) is 16.8 Å². The molecule has 2 aromatic carbocycles. The number of methoxy groups -OCH3 is 2. The number of benzene rings is 2. The van der Waals surface area contributed by atoms with Gasteiger partial charge in [-0.25, -0.2) is 4.98 Å². The Bertz CT molecular complexity index is 895. The topological polar surface area (TPSA) is 49.9 Å². The van der Waals surface area contributed by atoms with Gasteiger partial charge in [0.1, 0.15) is 11.5 Å². The van der Waals surface area contributed by atoms with E-state index in [1.54, 1.807) is 25.6 Å². The lowest BCUT2D eigenvalue weighted by Gasteiger charge is -2.23. The van der Waals surface area contributed by atoms with Gasteiger partial charge in [-0.05, 0) is 49.5 Å². The molecule has 1 heterocycles. The maximum atomic E-state index is 5.41. The van der Waals surface area contributed by atoms with E-state index >= 15 is 0 Å². The molecular formula is C24H32N4O2S. The summed E-state index contributed by atoms with van der Waals surface area (Å²) >= 11 is 1.68. The molecule has 0 bridgehead atoms. The van der Waals surface area contributed by atoms with Crippen molar-refractivity contribution in [3.8, 4) is 11.5 Å². The molecule has 0 aliphatic heterocycles. The largest absolute Gasteiger partial charge is 0.497 e. The minimum Gasteiger partial charge on any atom is -0.497 e. The number of ether oxygens (including phenoxy) is 2. The summed E-state index contributed by atoms with van der Waals surface area (Å²) in [7, 11) is 7.56. The summed E-state index contributed by atoms with van der Waals surface area (Å²) in [6, 6.07) is 16.4. The van der Waals surface area contributed by atoms with Gasteiger partial charge in [0, 0.05) is 38.1 Å².